The number of hydrogen-bond donors (Lipinski definition) is 1. The van der Waals surface area contributed by atoms with Crippen molar-refractivity contribution in [2.75, 3.05) is 5.73 Å². The highest BCUT2D eigenvalue weighted by Gasteiger charge is 2.06. The van der Waals surface area contributed by atoms with E-state index in [1.54, 1.807) is 6.20 Å². The Bertz CT molecular complexity index is 723. The predicted molar refractivity (Wildman–Crippen MR) is 76.6 cm³/mol. The standard InChI is InChI=1S/C15H11ClN2/c16-14-6-5-11(10-7-8-18-15(17)9-10)12-3-1-2-4-13(12)14/h1-9H,(H2,17,18). The molecule has 3 rings (SSSR count). The Morgan fingerprint density at radius 1 is 0.944 bits per heavy atom. The van der Waals surface area contributed by atoms with Crippen LogP contribution < -0.4 is 5.73 Å². The Morgan fingerprint density at radius 3 is 2.50 bits per heavy atom. The minimum Gasteiger partial charge on any atom is -0.384 e. The third kappa shape index (κ3) is 1.81. The second-order valence-corrected chi connectivity index (χ2v) is 4.52. The lowest BCUT2D eigenvalue weighted by Gasteiger charge is -2.08. The Hall–Kier alpha value is -2.06. The van der Waals surface area contributed by atoms with Gasteiger partial charge >= 0.3 is 0 Å². The maximum absolute atomic E-state index is 6.21. The molecule has 18 heavy (non-hydrogen) atoms. The fourth-order valence-corrected chi connectivity index (χ4v) is 2.36. The average Bonchev–Trinajstić information content (AvgIpc) is 2.39. The van der Waals surface area contributed by atoms with Crippen LogP contribution in [-0.4, -0.2) is 4.98 Å². The quantitative estimate of drug-likeness (QED) is 0.709. The summed E-state index contributed by atoms with van der Waals surface area (Å²) in [7, 11) is 0. The van der Waals surface area contributed by atoms with Crippen LogP contribution in [0.3, 0.4) is 0 Å². The van der Waals surface area contributed by atoms with Gasteiger partial charge in [0.15, 0.2) is 0 Å². The topological polar surface area (TPSA) is 38.9 Å². The first-order valence-corrected chi connectivity index (χ1v) is 6.02. The van der Waals surface area contributed by atoms with Gasteiger partial charge in [0, 0.05) is 16.6 Å². The van der Waals surface area contributed by atoms with E-state index in [1.807, 2.05) is 42.5 Å². The summed E-state index contributed by atoms with van der Waals surface area (Å²) >= 11 is 6.21. The first-order valence-electron chi connectivity index (χ1n) is 5.65. The van der Waals surface area contributed by atoms with Gasteiger partial charge in [0.2, 0.25) is 0 Å². The summed E-state index contributed by atoms with van der Waals surface area (Å²) in [6.45, 7) is 0. The van der Waals surface area contributed by atoms with Crippen LogP contribution in [0.15, 0.2) is 54.7 Å². The highest BCUT2D eigenvalue weighted by Crippen LogP contribution is 2.33. The Labute approximate surface area is 110 Å². The van der Waals surface area contributed by atoms with Crippen molar-refractivity contribution < 1.29 is 0 Å². The van der Waals surface area contributed by atoms with Gasteiger partial charge in [-0.25, -0.2) is 4.98 Å². The molecule has 0 atom stereocenters. The van der Waals surface area contributed by atoms with E-state index in [0.29, 0.717) is 5.82 Å². The van der Waals surface area contributed by atoms with Crippen LogP contribution in [0.1, 0.15) is 0 Å². The molecule has 0 radical (unpaired) electrons. The van der Waals surface area contributed by atoms with Gasteiger partial charge in [-0.15, -0.1) is 0 Å². The van der Waals surface area contributed by atoms with Crippen molar-refractivity contribution in [3.63, 3.8) is 0 Å². The van der Waals surface area contributed by atoms with Crippen LogP contribution in [0.4, 0.5) is 5.82 Å². The normalized spacial score (nSPS) is 10.7. The van der Waals surface area contributed by atoms with E-state index in [1.165, 1.54) is 0 Å². The number of benzene rings is 2. The van der Waals surface area contributed by atoms with Crippen LogP contribution in [0, 0.1) is 0 Å². The summed E-state index contributed by atoms with van der Waals surface area (Å²) in [6, 6.07) is 15.8. The zero-order chi connectivity index (χ0) is 12.5. The molecule has 0 aliphatic rings. The number of aromatic nitrogens is 1. The molecule has 0 saturated heterocycles. The molecule has 0 unspecified atom stereocenters. The number of halogens is 1. The highest BCUT2D eigenvalue weighted by atomic mass is 35.5. The monoisotopic (exact) mass is 254 g/mol. The molecule has 88 valence electrons. The van der Waals surface area contributed by atoms with Gasteiger partial charge in [0.05, 0.1) is 0 Å². The number of fused-ring (bicyclic) bond motifs is 1. The third-order valence-corrected chi connectivity index (χ3v) is 3.29. The molecular formula is C15H11ClN2. The van der Waals surface area contributed by atoms with E-state index in [-0.39, 0.29) is 0 Å². The maximum atomic E-state index is 6.21. The van der Waals surface area contributed by atoms with Crippen molar-refractivity contribution in [3.8, 4) is 11.1 Å². The van der Waals surface area contributed by atoms with E-state index < -0.39 is 0 Å². The van der Waals surface area contributed by atoms with Crippen LogP contribution in [-0.2, 0) is 0 Å². The minimum absolute atomic E-state index is 0.520. The summed E-state index contributed by atoms with van der Waals surface area (Å²) in [5.41, 5.74) is 7.90. The van der Waals surface area contributed by atoms with Gasteiger partial charge < -0.3 is 5.73 Å². The summed E-state index contributed by atoms with van der Waals surface area (Å²) in [5, 5.41) is 2.93. The molecule has 0 spiro atoms. The largest absolute Gasteiger partial charge is 0.384 e. The second-order valence-electron chi connectivity index (χ2n) is 4.11. The minimum atomic E-state index is 0.520. The lowest BCUT2D eigenvalue weighted by atomic mass is 9.99. The summed E-state index contributed by atoms with van der Waals surface area (Å²) in [4.78, 5) is 4.01. The van der Waals surface area contributed by atoms with Crippen molar-refractivity contribution in [2.24, 2.45) is 0 Å². The number of rotatable bonds is 1. The van der Waals surface area contributed by atoms with Crippen LogP contribution in [0.5, 0.6) is 0 Å². The second kappa shape index (κ2) is 4.31. The third-order valence-electron chi connectivity index (χ3n) is 2.96. The molecule has 1 heterocycles. The van der Waals surface area contributed by atoms with Gasteiger partial charge in [-0.3, -0.25) is 0 Å². The summed E-state index contributed by atoms with van der Waals surface area (Å²) in [5.74, 6) is 0.520. The molecule has 1 aromatic heterocycles. The van der Waals surface area contributed by atoms with Crippen LogP contribution in [0.2, 0.25) is 5.02 Å². The van der Waals surface area contributed by atoms with E-state index in [4.69, 9.17) is 17.3 Å². The first kappa shape index (κ1) is 11.1. The SMILES string of the molecule is Nc1cc(-c2ccc(Cl)c3ccccc23)ccn1. The van der Waals surface area contributed by atoms with Crippen LogP contribution >= 0.6 is 11.6 Å². The van der Waals surface area contributed by atoms with Gasteiger partial charge in [0.25, 0.3) is 0 Å². The predicted octanol–water partition coefficient (Wildman–Crippen LogP) is 4.14. The summed E-state index contributed by atoms with van der Waals surface area (Å²) in [6.07, 6.45) is 1.72. The van der Waals surface area contributed by atoms with E-state index in [2.05, 4.69) is 11.1 Å². The van der Waals surface area contributed by atoms with Crippen LogP contribution in [0.25, 0.3) is 21.9 Å². The molecule has 2 nitrogen and oxygen atoms in total. The van der Waals surface area contributed by atoms with Gasteiger partial charge in [0.1, 0.15) is 5.82 Å². The van der Waals surface area contributed by atoms with Gasteiger partial charge in [-0.1, -0.05) is 41.9 Å². The lowest BCUT2D eigenvalue weighted by molar-refractivity contribution is 1.34. The molecule has 2 N–H and O–H groups in total. The van der Waals surface area contributed by atoms with E-state index in [9.17, 15) is 0 Å². The molecule has 0 amide bonds. The number of anilines is 1. The number of nitrogens with zero attached hydrogens (tertiary/aromatic N) is 1. The zero-order valence-corrected chi connectivity index (χ0v) is 10.4. The molecule has 0 saturated carbocycles. The van der Waals surface area contributed by atoms with Crippen molar-refractivity contribution in [1.29, 1.82) is 0 Å². The van der Waals surface area contributed by atoms with Crippen molar-refractivity contribution in [3.05, 3.63) is 59.8 Å². The number of nitrogens with two attached hydrogens (primary N) is 1. The Kier molecular flexibility index (Phi) is 2.65. The van der Waals surface area contributed by atoms with Gasteiger partial charge in [-0.2, -0.15) is 0 Å². The first-order chi connectivity index (χ1) is 8.75. The molecule has 3 heteroatoms. The van der Waals surface area contributed by atoms with E-state index in [0.717, 1.165) is 26.9 Å². The average molecular weight is 255 g/mol. The molecule has 0 fully saturated rings. The molecular weight excluding hydrogens is 244 g/mol. The summed E-state index contributed by atoms with van der Waals surface area (Å²) < 4.78 is 0. The number of hydrogen-bond acceptors (Lipinski definition) is 2. The molecule has 0 aliphatic carbocycles. The molecule has 0 aliphatic heterocycles. The number of nitrogen functional groups attached to an aromatic ring is 1. The smallest absolute Gasteiger partial charge is 0.123 e. The fraction of sp³-hybridized carbons (Fsp3) is 0. The van der Waals surface area contributed by atoms with Crippen molar-refractivity contribution >= 4 is 28.2 Å². The van der Waals surface area contributed by atoms with Gasteiger partial charge in [-0.05, 0) is 34.7 Å². The maximum Gasteiger partial charge on any atom is 0.123 e. The van der Waals surface area contributed by atoms with Crippen molar-refractivity contribution in [2.45, 2.75) is 0 Å². The molecule has 0 bridgehead atoms. The molecule has 3 aromatic rings. The Balaban J connectivity index is 2.33. The molecule has 2 aromatic carbocycles. The van der Waals surface area contributed by atoms with Crippen molar-refractivity contribution in [1.82, 2.24) is 4.98 Å². The van der Waals surface area contributed by atoms with E-state index >= 15 is 0 Å². The zero-order valence-electron chi connectivity index (χ0n) is 9.60. The lowest BCUT2D eigenvalue weighted by Crippen LogP contribution is -1.90. The number of pyridine rings is 1. The highest BCUT2D eigenvalue weighted by molar-refractivity contribution is 6.36. The fourth-order valence-electron chi connectivity index (χ4n) is 2.13. The Morgan fingerprint density at radius 2 is 1.72 bits per heavy atom.